The van der Waals surface area contributed by atoms with Crippen LogP contribution in [0.15, 0.2) is 24.7 Å². The fourth-order valence-electron chi connectivity index (χ4n) is 6.11. The number of nitrogens with zero attached hydrogens (tertiary/aromatic N) is 7. The van der Waals surface area contributed by atoms with Crippen LogP contribution in [0, 0.1) is 16.7 Å². The molecule has 4 aliphatic rings. The van der Waals surface area contributed by atoms with Gasteiger partial charge < -0.3 is 14.7 Å². The maximum absolute atomic E-state index is 12.9. The number of aromatic nitrogens is 3. The summed E-state index contributed by atoms with van der Waals surface area (Å²) in [6.45, 7) is 7.52. The third-order valence-corrected chi connectivity index (χ3v) is 8.24. The molecule has 0 aromatic carbocycles. The SMILES string of the molecule is CC1(C)CCN([C@@H]2CCN(c3ncnc4c3C3(CCC3)CN4c3cc(C#N)ccn3)C2)C1=O. The van der Waals surface area contributed by atoms with E-state index in [1.165, 1.54) is 12.0 Å². The quantitative estimate of drug-likeness (QED) is 0.720. The second-order valence-corrected chi connectivity index (χ2v) is 10.7. The summed E-state index contributed by atoms with van der Waals surface area (Å²) < 4.78 is 0. The van der Waals surface area contributed by atoms with E-state index in [0.717, 1.165) is 69.3 Å². The number of likely N-dealkylation sites (tertiary alicyclic amines) is 1. The van der Waals surface area contributed by atoms with Gasteiger partial charge in [-0.2, -0.15) is 5.26 Å². The smallest absolute Gasteiger partial charge is 0.228 e. The summed E-state index contributed by atoms with van der Waals surface area (Å²) in [5, 5.41) is 9.36. The van der Waals surface area contributed by atoms with Crippen LogP contribution in [0.5, 0.6) is 0 Å². The highest BCUT2D eigenvalue weighted by atomic mass is 16.2. The lowest BCUT2D eigenvalue weighted by molar-refractivity contribution is -0.136. The van der Waals surface area contributed by atoms with Crippen LogP contribution in [-0.2, 0) is 10.2 Å². The molecular weight excluding hydrogens is 414 g/mol. The minimum Gasteiger partial charge on any atom is -0.354 e. The lowest BCUT2D eigenvalue weighted by Crippen LogP contribution is -2.42. The van der Waals surface area contributed by atoms with Crippen LogP contribution in [0.25, 0.3) is 0 Å². The van der Waals surface area contributed by atoms with Gasteiger partial charge in [0.25, 0.3) is 0 Å². The number of rotatable bonds is 3. The van der Waals surface area contributed by atoms with E-state index in [2.05, 4.69) is 39.6 Å². The van der Waals surface area contributed by atoms with E-state index in [1.54, 1.807) is 18.6 Å². The Morgan fingerprint density at radius 3 is 2.64 bits per heavy atom. The largest absolute Gasteiger partial charge is 0.354 e. The van der Waals surface area contributed by atoms with Gasteiger partial charge in [0.1, 0.15) is 23.8 Å². The molecule has 170 valence electrons. The van der Waals surface area contributed by atoms with Gasteiger partial charge in [0.15, 0.2) is 0 Å². The Morgan fingerprint density at radius 1 is 1.12 bits per heavy atom. The number of hydrogen-bond acceptors (Lipinski definition) is 7. The monoisotopic (exact) mass is 443 g/mol. The van der Waals surface area contributed by atoms with Gasteiger partial charge in [-0.25, -0.2) is 15.0 Å². The third-order valence-electron chi connectivity index (χ3n) is 8.24. The van der Waals surface area contributed by atoms with E-state index < -0.39 is 0 Å². The minimum absolute atomic E-state index is 0.0415. The van der Waals surface area contributed by atoms with Gasteiger partial charge in [0.2, 0.25) is 5.91 Å². The Kier molecular flexibility index (Phi) is 4.42. The topological polar surface area (TPSA) is 89.2 Å². The zero-order chi connectivity index (χ0) is 22.8. The summed E-state index contributed by atoms with van der Waals surface area (Å²) in [6, 6.07) is 6.04. The van der Waals surface area contributed by atoms with Crippen LogP contribution in [0.2, 0.25) is 0 Å². The van der Waals surface area contributed by atoms with Crippen molar-refractivity contribution in [3.63, 3.8) is 0 Å². The van der Waals surface area contributed by atoms with Gasteiger partial charge in [-0.1, -0.05) is 20.3 Å². The molecule has 5 heterocycles. The molecule has 8 heteroatoms. The Morgan fingerprint density at radius 2 is 1.94 bits per heavy atom. The van der Waals surface area contributed by atoms with Crippen molar-refractivity contribution in [2.45, 2.75) is 57.4 Å². The van der Waals surface area contributed by atoms with Gasteiger partial charge in [-0.05, 0) is 37.8 Å². The van der Waals surface area contributed by atoms with E-state index in [9.17, 15) is 10.1 Å². The highest BCUT2D eigenvalue weighted by Crippen LogP contribution is 2.56. The molecule has 1 atom stereocenters. The van der Waals surface area contributed by atoms with Gasteiger partial charge in [-0.3, -0.25) is 4.79 Å². The Bertz CT molecular complexity index is 1170. The number of carbonyl (C=O) groups is 1. The molecular formula is C25H29N7O. The molecule has 1 amide bonds. The third kappa shape index (κ3) is 3.01. The number of anilines is 3. The van der Waals surface area contributed by atoms with E-state index in [-0.39, 0.29) is 22.8 Å². The maximum atomic E-state index is 12.9. The van der Waals surface area contributed by atoms with Gasteiger partial charge in [-0.15, -0.1) is 0 Å². The number of pyridine rings is 1. The average molecular weight is 444 g/mol. The molecule has 0 unspecified atom stereocenters. The molecule has 3 aliphatic heterocycles. The molecule has 1 spiro atoms. The van der Waals surface area contributed by atoms with Gasteiger partial charge in [0.05, 0.1) is 17.7 Å². The van der Waals surface area contributed by atoms with E-state index in [4.69, 9.17) is 9.97 Å². The molecule has 0 N–H and O–H groups in total. The lowest BCUT2D eigenvalue weighted by atomic mass is 9.66. The van der Waals surface area contributed by atoms with Crippen molar-refractivity contribution in [2.24, 2.45) is 5.41 Å². The van der Waals surface area contributed by atoms with Crippen molar-refractivity contribution in [1.82, 2.24) is 19.9 Å². The van der Waals surface area contributed by atoms with Crippen LogP contribution < -0.4 is 9.80 Å². The highest BCUT2D eigenvalue weighted by Gasteiger charge is 2.52. The minimum atomic E-state index is -0.245. The zero-order valence-electron chi connectivity index (χ0n) is 19.3. The number of amides is 1. The van der Waals surface area contributed by atoms with Crippen LogP contribution >= 0.6 is 0 Å². The van der Waals surface area contributed by atoms with Gasteiger partial charge >= 0.3 is 0 Å². The number of fused-ring (bicyclic) bond motifs is 2. The van der Waals surface area contributed by atoms with Gasteiger partial charge in [0, 0.05) is 48.8 Å². The Labute approximate surface area is 194 Å². The molecule has 1 saturated carbocycles. The average Bonchev–Trinajstić information content (AvgIpc) is 3.48. The molecule has 2 aromatic heterocycles. The molecule has 0 radical (unpaired) electrons. The van der Waals surface area contributed by atoms with Crippen LogP contribution in [0.1, 0.15) is 57.1 Å². The van der Waals surface area contributed by atoms with Crippen molar-refractivity contribution >= 4 is 23.4 Å². The predicted octanol–water partition coefficient (Wildman–Crippen LogP) is 3.15. The Hall–Kier alpha value is -3.21. The van der Waals surface area contributed by atoms with Crippen LogP contribution in [0.3, 0.4) is 0 Å². The summed E-state index contributed by atoms with van der Waals surface area (Å²) in [6.07, 6.45) is 8.69. The maximum Gasteiger partial charge on any atom is 0.228 e. The van der Waals surface area contributed by atoms with Crippen molar-refractivity contribution in [3.05, 3.63) is 35.8 Å². The molecule has 2 aromatic rings. The van der Waals surface area contributed by atoms with Crippen LogP contribution in [0.4, 0.5) is 17.5 Å². The summed E-state index contributed by atoms with van der Waals surface area (Å²) in [5.41, 5.74) is 1.63. The van der Waals surface area contributed by atoms with E-state index >= 15 is 0 Å². The van der Waals surface area contributed by atoms with Crippen molar-refractivity contribution in [2.75, 3.05) is 36.0 Å². The van der Waals surface area contributed by atoms with Crippen molar-refractivity contribution in [3.8, 4) is 6.07 Å². The van der Waals surface area contributed by atoms with Crippen molar-refractivity contribution in [1.29, 1.82) is 5.26 Å². The first-order valence-electron chi connectivity index (χ1n) is 12.0. The molecule has 3 fully saturated rings. The standard InChI is InChI=1S/C25H29N7O/c1-24(2)8-11-31(23(24)33)18-5-10-30(14-18)21-20-22(29-16-28-21)32(15-25(20)6-3-7-25)19-12-17(13-26)4-9-27-19/h4,9,12,16,18H,3,5-8,10-11,14-15H2,1-2H3/t18-/m1/s1. The normalized spacial score (nSPS) is 24.8. The number of carbonyl (C=O) groups excluding carboxylic acids is 1. The summed E-state index contributed by atoms with van der Waals surface area (Å²) in [4.78, 5) is 33.6. The fraction of sp³-hybridized carbons (Fsp3) is 0.560. The Balaban J connectivity index is 1.34. The first kappa shape index (κ1) is 20.4. The molecule has 2 saturated heterocycles. The molecule has 0 bridgehead atoms. The second-order valence-electron chi connectivity index (χ2n) is 10.7. The van der Waals surface area contributed by atoms with Crippen molar-refractivity contribution < 1.29 is 4.79 Å². The fourth-order valence-corrected chi connectivity index (χ4v) is 6.11. The first-order valence-corrected chi connectivity index (χ1v) is 12.0. The summed E-state index contributed by atoms with van der Waals surface area (Å²) >= 11 is 0. The first-order chi connectivity index (χ1) is 15.9. The summed E-state index contributed by atoms with van der Waals surface area (Å²) in [5.74, 6) is 3.00. The molecule has 8 nitrogen and oxygen atoms in total. The number of nitriles is 1. The van der Waals surface area contributed by atoms with E-state index in [1.807, 2.05) is 6.07 Å². The number of hydrogen-bond donors (Lipinski definition) is 0. The second kappa shape index (κ2) is 7.14. The molecule has 1 aliphatic carbocycles. The lowest BCUT2D eigenvalue weighted by Gasteiger charge is -2.40. The summed E-state index contributed by atoms with van der Waals surface area (Å²) in [7, 11) is 0. The predicted molar refractivity (Wildman–Crippen MR) is 124 cm³/mol. The van der Waals surface area contributed by atoms with Crippen LogP contribution in [-0.4, -0.2) is 58.0 Å². The zero-order valence-corrected chi connectivity index (χ0v) is 19.3. The molecule has 6 rings (SSSR count). The molecule has 33 heavy (non-hydrogen) atoms. The highest BCUT2D eigenvalue weighted by molar-refractivity contribution is 5.84. The van der Waals surface area contributed by atoms with E-state index in [0.29, 0.717) is 5.56 Å².